The van der Waals surface area contributed by atoms with Gasteiger partial charge in [0, 0.05) is 33.3 Å². The Morgan fingerprint density at radius 3 is 2.88 bits per heavy atom. The maximum Gasteiger partial charge on any atom is 0.233 e. The van der Waals surface area contributed by atoms with Crippen LogP contribution in [0.5, 0.6) is 0 Å². The van der Waals surface area contributed by atoms with Gasteiger partial charge in [-0.3, -0.25) is 9.59 Å². The first-order chi connectivity index (χ1) is 11.5. The predicted octanol–water partition coefficient (Wildman–Crippen LogP) is 1.04. The summed E-state index contributed by atoms with van der Waals surface area (Å²) in [5, 5.41) is 8.88. The summed E-state index contributed by atoms with van der Waals surface area (Å²) in [6.45, 7) is 5.07. The smallest absolute Gasteiger partial charge is 0.233 e. The van der Waals surface area contributed by atoms with E-state index in [4.69, 9.17) is 4.74 Å². The van der Waals surface area contributed by atoms with Crippen LogP contribution < -0.4 is 0 Å². The van der Waals surface area contributed by atoms with Crippen LogP contribution in [0.1, 0.15) is 17.8 Å². The molecular weight excluding hydrogens is 348 g/mol. The maximum absolute atomic E-state index is 12.7. The van der Waals surface area contributed by atoms with Crippen molar-refractivity contribution in [1.29, 1.82) is 0 Å². The number of methoxy groups -OCH3 is 1. The van der Waals surface area contributed by atoms with E-state index >= 15 is 0 Å². The van der Waals surface area contributed by atoms with Crippen molar-refractivity contribution in [3.05, 3.63) is 5.01 Å². The van der Waals surface area contributed by atoms with Crippen LogP contribution in [0.4, 0.5) is 0 Å². The summed E-state index contributed by atoms with van der Waals surface area (Å²) in [7, 11) is 1.64. The van der Waals surface area contributed by atoms with Crippen molar-refractivity contribution in [3.63, 3.8) is 0 Å². The molecule has 7 nitrogen and oxygen atoms in total. The molecule has 9 heteroatoms. The van der Waals surface area contributed by atoms with Crippen LogP contribution in [0.3, 0.4) is 0 Å². The molecule has 0 radical (unpaired) electrons. The number of carbonyl (C=O) groups excluding carboxylic acids is 2. The maximum atomic E-state index is 12.7. The van der Waals surface area contributed by atoms with Crippen LogP contribution >= 0.6 is 23.1 Å². The summed E-state index contributed by atoms with van der Waals surface area (Å²) in [6, 6.07) is 0. The summed E-state index contributed by atoms with van der Waals surface area (Å²) in [5.74, 6) is 0.613. The van der Waals surface area contributed by atoms with Crippen LogP contribution in [0.2, 0.25) is 0 Å². The molecule has 3 heterocycles. The topological polar surface area (TPSA) is 75.6 Å². The van der Waals surface area contributed by atoms with E-state index in [-0.39, 0.29) is 17.2 Å². The summed E-state index contributed by atoms with van der Waals surface area (Å²) in [5.41, 5.74) is -0.368. The van der Waals surface area contributed by atoms with Gasteiger partial charge >= 0.3 is 0 Å². The fraction of sp³-hybridized carbons (Fsp3) is 0.733. The van der Waals surface area contributed by atoms with Gasteiger partial charge in [0.15, 0.2) is 4.34 Å². The number of nitrogens with zero attached hydrogens (tertiary/aromatic N) is 4. The Morgan fingerprint density at radius 2 is 2.17 bits per heavy atom. The number of hydrogen-bond donors (Lipinski definition) is 0. The minimum absolute atomic E-state index is 0.0767. The Morgan fingerprint density at radius 1 is 1.38 bits per heavy atom. The van der Waals surface area contributed by atoms with Gasteiger partial charge in [-0.25, -0.2) is 0 Å². The minimum atomic E-state index is -0.368. The van der Waals surface area contributed by atoms with Crippen molar-refractivity contribution in [3.8, 4) is 0 Å². The summed E-state index contributed by atoms with van der Waals surface area (Å²) in [6.07, 6.45) is 1.60. The molecule has 1 atom stereocenters. The van der Waals surface area contributed by atoms with E-state index in [0.29, 0.717) is 32.0 Å². The standard InChI is InChI=1S/C15H22N4O3S2/c1-11-16-17-14(24-11)23-9-12(20)19-6-4-15(10-19)3-5-18(13(15)21)7-8-22-2/h3-10H2,1-2H3. The zero-order valence-corrected chi connectivity index (χ0v) is 15.6. The molecule has 2 aliphatic heterocycles. The van der Waals surface area contributed by atoms with Crippen LogP contribution in [-0.2, 0) is 14.3 Å². The van der Waals surface area contributed by atoms with Crippen molar-refractivity contribution < 1.29 is 14.3 Å². The van der Waals surface area contributed by atoms with Crippen molar-refractivity contribution in [1.82, 2.24) is 20.0 Å². The lowest BCUT2D eigenvalue weighted by Gasteiger charge is -2.23. The Bertz CT molecular complexity index is 624. The van der Waals surface area contributed by atoms with Gasteiger partial charge in [0.05, 0.1) is 17.8 Å². The summed E-state index contributed by atoms with van der Waals surface area (Å²) < 4.78 is 5.88. The van der Waals surface area contributed by atoms with Gasteiger partial charge < -0.3 is 14.5 Å². The Labute approximate surface area is 149 Å². The fourth-order valence-electron chi connectivity index (χ4n) is 3.32. The van der Waals surface area contributed by atoms with E-state index in [1.54, 1.807) is 7.11 Å². The molecule has 3 rings (SSSR count). The quantitative estimate of drug-likeness (QED) is 0.697. The number of hydrogen-bond acceptors (Lipinski definition) is 7. The number of amides is 2. The highest BCUT2D eigenvalue weighted by atomic mass is 32.2. The number of aromatic nitrogens is 2. The molecule has 2 saturated heterocycles. The average molecular weight is 371 g/mol. The first-order valence-corrected chi connectivity index (χ1v) is 9.83. The summed E-state index contributed by atoms with van der Waals surface area (Å²) >= 11 is 2.92. The molecule has 0 bridgehead atoms. The Kier molecular flexibility index (Phi) is 5.41. The minimum Gasteiger partial charge on any atom is -0.383 e. The second-order valence-electron chi connectivity index (χ2n) is 6.26. The highest BCUT2D eigenvalue weighted by Gasteiger charge is 2.51. The Balaban J connectivity index is 1.53. The van der Waals surface area contributed by atoms with Gasteiger partial charge in [-0.15, -0.1) is 10.2 Å². The summed E-state index contributed by atoms with van der Waals surface area (Å²) in [4.78, 5) is 28.8. The first-order valence-electron chi connectivity index (χ1n) is 8.03. The average Bonchev–Trinajstić information content (AvgIpc) is 3.26. The lowest BCUT2D eigenvalue weighted by molar-refractivity contribution is -0.136. The van der Waals surface area contributed by atoms with E-state index in [9.17, 15) is 9.59 Å². The lowest BCUT2D eigenvalue weighted by Crippen LogP contribution is -2.39. The van der Waals surface area contributed by atoms with E-state index in [2.05, 4.69) is 10.2 Å². The van der Waals surface area contributed by atoms with Gasteiger partial charge in [0.2, 0.25) is 11.8 Å². The number of rotatable bonds is 6. The van der Waals surface area contributed by atoms with E-state index < -0.39 is 0 Å². The van der Waals surface area contributed by atoms with E-state index in [1.807, 2.05) is 16.7 Å². The largest absolute Gasteiger partial charge is 0.383 e. The molecule has 0 aromatic carbocycles. The van der Waals surface area contributed by atoms with Crippen molar-refractivity contribution >= 4 is 34.9 Å². The van der Waals surface area contributed by atoms with Crippen LogP contribution in [0.25, 0.3) is 0 Å². The molecular formula is C15H22N4O3S2. The predicted molar refractivity (Wildman–Crippen MR) is 92.1 cm³/mol. The number of thioether (sulfide) groups is 1. The van der Waals surface area contributed by atoms with Crippen molar-refractivity contribution in [2.24, 2.45) is 5.41 Å². The molecule has 1 unspecified atom stereocenters. The van der Waals surface area contributed by atoms with E-state index in [1.165, 1.54) is 23.1 Å². The molecule has 132 valence electrons. The Hall–Kier alpha value is -1.19. The normalized spacial score (nSPS) is 23.7. The van der Waals surface area contributed by atoms with Gasteiger partial charge in [0.25, 0.3) is 0 Å². The van der Waals surface area contributed by atoms with Crippen molar-refractivity contribution in [2.75, 3.05) is 45.6 Å². The van der Waals surface area contributed by atoms with Gasteiger partial charge in [-0.05, 0) is 19.8 Å². The second kappa shape index (κ2) is 7.37. The van der Waals surface area contributed by atoms with Gasteiger partial charge in [-0.2, -0.15) is 0 Å². The number of carbonyl (C=O) groups is 2. The van der Waals surface area contributed by atoms with Crippen LogP contribution in [0.15, 0.2) is 4.34 Å². The highest BCUT2D eigenvalue weighted by Crippen LogP contribution is 2.40. The molecule has 0 aliphatic carbocycles. The van der Waals surface area contributed by atoms with Crippen molar-refractivity contribution in [2.45, 2.75) is 24.1 Å². The molecule has 2 amide bonds. The second-order valence-corrected chi connectivity index (χ2v) is 8.66. The third-order valence-corrected chi connectivity index (χ3v) is 6.66. The van der Waals surface area contributed by atoms with Crippen LogP contribution in [0, 0.1) is 12.3 Å². The van der Waals surface area contributed by atoms with Crippen LogP contribution in [-0.4, -0.2) is 77.5 Å². The molecule has 2 aliphatic rings. The third kappa shape index (κ3) is 3.57. The molecule has 0 N–H and O–H groups in total. The SMILES string of the molecule is COCCN1CCC2(CCN(C(=O)CSc3nnc(C)s3)C2)C1=O. The first kappa shape index (κ1) is 17.6. The van der Waals surface area contributed by atoms with Gasteiger partial charge in [0.1, 0.15) is 5.01 Å². The molecule has 2 fully saturated rings. The molecule has 1 aromatic heterocycles. The number of ether oxygens (including phenoxy) is 1. The molecule has 24 heavy (non-hydrogen) atoms. The molecule has 1 spiro atoms. The van der Waals surface area contributed by atoms with Gasteiger partial charge in [-0.1, -0.05) is 23.1 Å². The zero-order valence-electron chi connectivity index (χ0n) is 14.0. The lowest BCUT2D eigenvalue weighted by atomic mass is 9.85. The molecule has 0 saturated carbocycles. The number of likely N-dealkylation sites (tertiary alicyclic amines) is 2. The third-order valence-electron chi connectivity index (χ3n) is 4.70. The zero-order chi connectivity index (χ0) is 17.2. The van der Waals surface area contributed by atoms with E-state index in [0.717, 1.165) is 28.7 Å². The highest BCUT2D eigenvalue weighted by molar-refractivity contribution is 8.01. The molecule has 1 aromatic rings. The number of aryl methyl sites for hydroxylation is 1. The fourth-order valence-corrected chi connectivity index (χ4v) is 5.04. The monoisotopic (exact) mass is 370 g/mol.